The van der Waals surface area contributed by atoms with Crippen LogP contribution in [0.5, 0.6) is 0 Å². The van der Waals surface area contributed by atoms with Gasteiger partial charge in [0.15, 0.2) is 5.60 Å². The van der Waals surface area contributed by atoms with Gasteiger partial charge in [0.05, 0.1) is 24.3 Å². The lowest BCUT2D eigenvalue weighted by atomic mass is 9.82. The lowest BCUT2D eigenvalue weighted by Gasteiger charge is -2.34. The van der Waals surface area contributed by atoms with Gasteiger partial charge in [-0.3, -0.25) is 4.90 Å². The fourth-order valence-electron chi connectivity index (χ4n) is 4.23. The largest absolute Gasteiger partial charge is 0.463 e. The third kappa shape index (κ3) is 3.09. The van der Waals surface area contributed by atoms with Crippen LogP contribution >= 0.6 is 0 Å². The summed E-state index contributed by atoms with van der Waals surface area (Å²) in [6, 6.07) is 0.0220. The number of aliphatic hydroxyl groups excluding tert-OH is 1. The van der Waals surface area contributed by atoms with Gasteiger partial charge in [-0.05, 0) is 33.2 Å². The van der Waals surface area contributed by atoms with E-state index in [0.717, 1.165) is 25.9 Å². The lowest BCUT2D eigenvalue weighted by molar-refractivity contribution is -0.176. The summed E-state index contributed by atoms with van der Waals surface area (Å²) in [5.41, 5.74) is -1.84. The molecule has 0 aromatic carbocycles. The zero-order valence-corrected chi connectivity index (χ0v) is 15.0. The molecule has 3 fully saturated rings. The second-order valence-electron chi connectivity index (χ2n) is 7.53. The molecular weight excluding hydrogens is 326 g/mol. The van der Waals surface area contributed by atoms with E-state index in [1.165, 1.54) is 19.9 Å². The van der Waals surface area contributed by atoms with E-state index in [4.69, 9.17) is 9.47 Å². The molecule has 0 bridgehead atoms. The van der Waals surface area contributed by atoms with Crippen LogP contribution in [0.2, 0.25) is 0 Å². The number of rotatable bonds is 0. The van der Waals surface area contributed by atoms with Crippen molar-refractivity contribution in [2.24, 2.45) is 11.8 Å². The molecule has 0 aromatic heterocycles. The van der Waals surface area contributed by atoms with Gasteiger partial charge in [0.2, 0.25) is 0 Å². The Kier molecular flexibility index (Phi) is 4.92. The Bertz CT molecular complexity index is 586. The van der Waals surface area contributed by atoms with Crippen LogP contribution < -0.4 is 0 Å². The van der Waals surface area contributed by atoms with Crippen molar-refractivity contribution >= 4 is 11.9 Å². The van der Waals surface area contributed by atoms with E-state index in [1.807, 2.05) is 0 Å². The fraction of sp³-hybridized carbons (Fsp3) is 0.778. The number of esters is 2. The van der Waals surface area contributed by atoms with Gasteiger partial charge in [0, 0.05) is 18.4 Å². The Morgan fingerprint density at radius 3 is 2.64 bits per heavy atom. The molecule has 0 saturated carbocycles. The molecule has 0 amide bonds. The standard InChI is InChI=1S/C18H27NO6/c1-4-12-15(20)10(2)18(3,23)17(22)24-9-11-5-7-19-8-6-13(14(11)19)25-16(12)21/h4,10-11,13-15,20,23H,5-9H2,1-3H3/b12-4-. The van der Waals surface area contributed by atoms with Gasteiger partial charge in [-0.25, -0.2) is 9.59 Å². The lowest BCUT2D eigenvalue weighted by Crippen LogP contribution is -2.50. The summed E-state index contributed by atoms with van der Waals surface area (Å²) in [4.78, 5) is 27.3. The van der Waals surface area contributed by atoms with Gasteiger partial charge in [0.25, 0.3) is 0 Å². The topological polar surface area (TPSA) is 96.3 Å². The van der Waals surface area contributed by atoms with Crippen molar-refractivity contribution in [3.63, 3.8) is 0 Å². The molecule has 0 spiro atoms. The van der Waals surface area contributed by atoms with Crippen LogP contribution in [0.1, 0.15) is 33.6 Å². The number of hydrogen-bond acceptors (Lipinski definition) is 7. The predicted molar refractivity (Wildman–Crippen MR) is 88.5 cm³/mol. The summed E-state index contributed by atoms with van der Waals surface area (Å²) in [5, 5.41) is 21.2. The van der Waals surface area contributed by atoms with Crippen molar-refractivity contribution < 1.29 is 29.3 Å². The molecule has 0 aliphatic carbocycles. The number of allylic oxidation sites excluding steroid dienone is 1. The number of carbonyl (C=O) groups is 2. The average molecular weight is 353 g/mol. The van der Waals surface area contributed by atoms with Crippen molar-refractivity contribution in [3.8, 4) is 0 Å². The normalized spacial score (nSPS) is 44.7. The summed E-state index contributed by atoms with van der Waals surface area (Å²) >= 11 is 0. The molecule has 140 valence electrons. The number of carbonyl (C=O) groups excluding carboxylic acids is 2. The van der Waals surface area contributed by atoms with Gasteiger partial charge >= 0.3 is 11.9 Å². The molecule has 0 radical (unpaired) electrons. The smallest absolute Gasteiger partial charge is 0.338 e. The van der Waals surface area contributed by atoms with E-state index in [9.17, 15) is 19.8 Å². The number of ether oxygens (including phenoxy) is 2. The highest BCUT2D eigenvalue weighted by atomic mass is 16.6. The molecule has 7 heteroatoms. The Labute approximate surface area is 147 Å². The first-order valence-electron chi connectivity index (χ1n) is 8.96. The zero-order chi connectivity index (χ0) is 18.4. The molecule has 3 aliphatic heterocycles. The van der Waals surface area contributed by atoms with Crippen LogP contribution in [-0.4, -0.2) is 70.6 Å². The molecule has 7 nitrogen and oxygen atoms in total. The van der Waals surface area contributed by atoms with Crippen LogP contribution in [0.3, 0.4) is 0 Å². The van der Waals surface area contributed by atoms with Crippen LogP contribution in [0.15, 0.2) is 11.6 Å². The van der Waals surface area contributed by atoms with E-state index in [1.54, 1.807) is 6.92 Å². The first-order valence-corrected chi connectivity index (χ1v) is 8.96. The molecule has 3 rings (SSSR count). The van der Waals surface area contributed by atoms with Crippen LogP contribution in [0, 0.1) is 11.8 Å². The minimum atomic E-state index is -1.90. The second kappa shape index (κ2) is 6.70. The summed E-state index contributed by atoms with van der Waals surface area (Å²) in [5.74, 6) is -2.19. The highest BCUT2D eigenvalue weighted by Crippen LogP contribution is 2.37. The average Bonchev–Trinajstić information content (AvgIpc) is 3.14. The molecular formula is C18H27NO6. The molecule has 6 atom stereocenters. The predicted octanol–water partition coefficient (Wildman–Crippen LogP) is 0.244. The zero-order valence-electron chi connectivity index (χ0n) is 15.0. The summed E-state index contributed by atoms with van der Waals surface area (Å²) in [7, 11) is 0. The van der Waals surface area contributed by atoms with E-state index < -0.39 is 29.6 Å². The quantitative estimate of drug-likeness (QED) is 0.476. The molecule has 3 aliphatic rings. The molecule has 2 N–H and O–H groups in total. The maximum absolute atomic E-state index is 12.6. The monoisotopic (exact) mass is 353 g/mol. The van der Waals surface area contributed by atoms with Gasteiger partial charge in [0.1, 0.15) is 6.10 Å². The van der Waals surface area contributed by atoms with Gasteiger partial charge in [-0.2, -0.15) is 0 Å². The first kappa shape index (κ1) is 18.4. The number of aliphatic hydroxyl groups is 2. The van der Waals surface area contributed by atoms with Crippen molar-refractivity contribution in [1.82, 2.24) is 4.90 Å². The first-order chi connectivity index (χ1) is 11.8. The van der Waals surface area contributed by atoms with Gasteiger partial charge in [-0.15, -0.1) is 0 Å². The van der Waals surface area contributed by atoms with Gasteiger partial charge < -0.3 is 19.7 Å². The number of cyclic esters (lactones) is 1. The van der Waals surface area contributed by atoms with E-state index in [0.29, 0.717) is 0 Å². The molecule has 3 heterocycles. The molecule has 6 unspecified atom stereocenters. The molecule has 25 heavy (non-hydrogen) atoms. The van der Waals surface area contributed by atoms with Crippen molar-refractivity contribution in [2.75, 3.05) is 19.7 Å². The van der Waals surface area contributed by atoms with Crippen LogP contribution in [0.4, 0.5) is 0 Å². The summed E-state index contributed by atoms with van der Waals surface area (Å²) in [6.07, 6.45) is 1.49. The third-order valence-corrected chi connectivity index (χ3v) is 6.10. The third-order valence-electron chi connectivity index (χ3n) is 6.10. The Morgan fingerprint density at radius 2 is 1.96 bits per heavy atom. The van der Waals surface area contributed by atoms with Crippen molar-refractivity contribution in [2.45, 2.75) is 57.5 Å². The maximum atomic E-state index is 12.6. The Hall–Kier alpha value is -1.44. The summed E-state index contributed by atoms with van der Waals surface area (Å²) < 4.78 is 11.1. The summed E-state index contributed by atoms with van der Waals surface area (Å²) in [6.45, 7) is 6.37. The van der Waals surface area contributed by atoms with Crippen molar-refractivity contribution in [3.05, 3.63) is 11.6 Å². The number of hydrogen-bond donors (Lipinski definition) is 2. The van der Waals surface area contributed by atoms with E-state index in [2.05, 4.69) is 4.90 Å². The van der Waals surface area contributed by atoms with Crippen LogP contribution in [-0.2, 0) is 19.1 Å². The van der Waals surface area contributed by atoms with Crippen molar-refractivity contribution in [1.29, 1.82) is 0 Å². The minimum absolute atomic E-state index is 0.0220. The van der Waals surface area contributed by atoms with Gasteiger partial charge in [-0.1, -0.05) is 13.0 Å². The van der Waals surface area contributed by atoms with E-state index >= 15 is 0 Å². The SMILES string of the molecule is C/C=C1\C(=O)OC2CCN3CCC(COC(=O)C(C)(O)C(C)C1O)C23. The van der Waals surface area contributed by atoms with Crippen LogP contribution in [0.25, 0.3) is 0 Å². The molecule has 0 aromatic rings. The second-order valence-corrected chi connectivity index (χ2v) is 7.53. The van der Waals surface area contributed by atoms with E-state index in [-0.39, 0.29) is 30.2 Å². The maximum Gasteiger partial charge on any atom is 0.338 e. The minimum Gasteiger partial charge on any atom is -0.463 e. The highest BCUT2D eigenvalue weighted by Gasteiger charge is 2.49. The fourth-order valence-corrected chi connectivity index (χ4v) is 4.23. The Balaban J connectivity index is 1.94. The Morgan fingerprint density at radius 1 is 1.28 bits per heavy atom. The molecule has 3 saturated heterocycles. The number of nitrogens with zero attached hydrogens (tertiary/aromatic N) is 1. The highest BCUT2D eigenvalue weighted by molar-refractivity contribution is 5.90.